The highest BCUT2D eigenvalue weighted by atomic mass is 16.6. The summed E-state index contributed by atoms with van der Waals surface area (Å²) in [7, 11) is 8.66. The van der Waals surface area contributed by atoms with Gasteiger partial charge in [0.05, 0.1) is 44.3 Å². The van der Waals surface area contributed by atoms with E-state index >= 15 is 14.4 Å². The van der Waals surface area contributed by atoms with Crippen LogP contribution >= 0.6 is 0 Å². The molecule has 91 heavy (non-hydrogen) atoms. The predicted octanol–water partition coefficient (Wildman–Crippen LogP) is 4.07. The molecule has 8 amide bonds. The molecule has 0 bridgehead atoms. The van der Waals surface area contributed by atoms with E-state index in [1.165, 1.54) is 52.0 Å². The first-order chi connectivity index (χ1) is 42.4. The number of hydrogen-bond donors (Lipinski definition) is 6. The van der Waals surface area contributed by atoms with Crippen LogP contribution in [0.25, 0.3) is 0 Å². The van der Waals surface area contributed by atoms with Crippen molar-refractivity contribution in [2.24, 2.45) is 41.4 Å². The largest absolute Gasteiger partial charge is 0.417 e. The van der Waals surface area contributed by atoms with Crippen molar-refractivity contribution in [1.82, 2.24) is 55.7 Å². The number of rotatable bonds is 19. The zero-order chi connectivity index (χ0) is 69.0. The molecule has 12 atom stereocenters. The average Bonchev–Trinajstić information content (AvgIpc) is 2.35. The number of nitrogens with zero attached hydrogens (tertiary/aromatic N) is 8. The van der Waals surface area contributed by atoms with Crippen LogP contribution in [0.4, 0.5) is 10.6 Å². The maximum Gasteiger partial charge on any atom is 0.417 e. The first-order valence-electron chi connectivity index (χ1n) is 33.0. The van der Waals surface area contributed by atoms with Crippen LogP contribution in [0.3, 0.4) is 0 Å². The predicted molar refractivity (Wildman–Crippen MR) is 349 cm³/mol. The van der Waals surface area contributed by atoms with Crippen molar-refractivity contribution in [2.75, 3.05) is 80.0 Å². The molecule has 0 aromatic carbocycles. The summed E-state index contributed by atoms with van der Waals surface area (Å²) in [6.45, 7) is 29.2. The number of pyridine rings is 1. The number of cyclic esters (lactones) is 2. The Labute approximate surface area is 543 Å². The van der Waals surface area contributed by atoms with Gasteiger partial charge in [-0.05, 0) is 126 Å². The Morgan fingerprint density at radius 3 is 1.66 bits per heavy atom. The highest BCUT2D eigenvalue weighted by Crippen LogP contribution is 2.26. The smallest absolute Gasteiger partial charge is 0.391 e. The second-order valence-electron chi connectivity index (χ2n) is 28.0. The van der Waals surface area contributed by atoms with Crippen molar-refractivity contribution in [3.8, 4) is 0 Å². The molecule has 0 saturated carbocycles. The fourth-order valence-electron chi connectivity index (χ4n) is 11.8. The van der Waals surface area contributed by atoms with Crippen molar-refractivity contribution >= 4 is 59.2 Å². The van der Waals surface area contributed by atoms with Gasteiger partial charge in [-0.3, -0.25) is 48.7 Å². The maximum atomic E-state index is 15.3. The Morgan fingerprint density at radius 2 is 1.12 bits per heavy atom. The minimum absolute atomic E-state index is 0.0454. The number of hydrogen-bond acceptors (Lipinski definition) is 17. The van der Waals surface area contributed by atoms with Gasteiger partial charge in [-0.25, -0.2) is 14.6 Å². The van der Waals surface area contributed by atoms with E-state index in [1.807, 2.05) is 92.3 Å². The second-order valence-corrected chi connectivity index (χ2v) is 28.0. The molecular weight excluding hydrogens is 1170 g/mol. The van der Waals surface area contributed by atoms with Crippen LogP contribution in [0.5, 0.6) is 0 Å². The highest BCUT2D eigenvalue weighted by Gasteiger charge is 2.45. The Morgan fingerprint density at radius 1 is 0.593 bits per heavy atom. The van der Waals surface area contributed by atoms with Crippen molar-refractivity contribution in [3.05, 3.63) is 23.9 Å². The van der Waals surface area contributed by atoms with Crippen LogP contribution in [0.2, 0.25) is 0 Å². The highest BCUT2D eigenvalue weighted by molar-refractivity contribution is 5.98. The summed E-state index contributed by atoms with van der Waals surface area (Å²) in [6.07, 6.45) is -2.81. The molecule has 1 aromatic heterocycles. The van der Waals surface area contributed by atoms with Gasteiger partial charge in [-0.1, -0.05) is 96.1 Å². The lowest BCUT2D eigenvalue weighted by molar-refractivity contribution is -0.155. The molecule has 2 saturated heterocycles. The number of amides is 8. The van der Waals surface area contributed by atoms with Gasteiger partial charge in [-0.15, -0.1) is 0 Å². The summed E-state index contributed by atoms with van der Waals surface area (Å²) in [5.41, 5.74) is 0.815. The Hall–Kier alpha value is -6.02. The van der Waals surface area contributed by atoms with E-state index in [-0.39, 0.29) is 48.9 Å². The first-order valence-corrected chi connectivity index (χ1v) is 33.0. The molecule has 0 aliphatic carbocycles. The summed E-state index contributed by atoms with van der Waals surface area (Å²) in [5, 5.41) is 35.8. The Bertz CT molecular complexity index is 2540. The molecule has 3 heterocycles. The third-order valence-corrected chi connectivity index (χ3v) is 17.2. The minimum Gasteiger partial charge on any atom is -0.391 e. The Kier molecular flexibility index (Phi) is 32.2. The molecule has 2 aliphatic heterocycles. The number of aromatic nitrogens is 1. The lowest BCUT2D eigenvalue weighted by Gasteiger charge is -2.40. The van der Waals surface area contributed by atoms with Crippen LogP contribution in [0.15, 0.2) is 18.2 Å². The van der Waals surface area contributed by atoms with E-state index in [1.54, 1.807) is 34.7 Å². The zero-order valence-electron chi connectivity index (χ0n) is 58.8. The van der Waals surface area contributed by atoms with Crippen LogP contribution in [-0.2, 0) is 54.3 Å². The van der Waals surface area contributed by atoms with Gasteiger partial charge in [0.1, 0.15) is 48.1 Å². The van der Waals surface area contributed by atoms with E-state index in [0.29, 0.717) is 58.4 Å². The van der Waals surface area contributed by atoms with Gasteiger partial charge in [0, 0.05) is 54.0 Å². The standard InChI is InChI=1S/C66H116N12O13/c1-38(2)32-48-62(85)76(20)56(43(11)12)64(87)77(21)57(58(81)44(13)24-22-25-47-26-23-27-51(68-47)78-28-30-90-31-29-78)61(84)71-55(46(15)79)63(86)72(16)37-54(80)73(17)49(33-39(3)4)60(83)70-53(36-42(9)10)75(19)52(35-41(7)8)67-45(14)65(88)91-66(89)74(18)50(34-40(5)6)59(82)69-48/h23,26-27,38-46,48-50,52-53,55-58,67,79,81H,22,24-25,28-37H2,1-21H3,(H,69,82)(H,70,83)(H,71,84)/t44-,45-,46-,48-,49+,50-,52-,53+,55?,56?,57?,58-/m1/s1. The van der Waals surface area contributed by atoms with E-state index in [0.717, 1.165) is 26.2 Å². The minimum atomic E-state index is -1.74. The number of ether oxygens (including phenoxy) is 2. The molecule has 0 radical (unpaired) electrons. The van der Waals surface area contributed by atoms with Crippen LogP contribution < -0.4 is 26.2 Å². The number of esters is 1. The number of carbonyl (C=O) groups excluding carboxylic acids is 9. The number of aliphatic hydroxyl groups excluding tert-OH is 2. The molecule has 6 N–H and O–H groups in total. The van der Waals surface area contributed by atoms with Crippen molar-refractivity contribution in [3.63, 3.8) is 0 Å². The molecule has 3 rings (SSSR count). The van der Waals surface area contributed by atoms with Crippen LogP contribution in [-0.4, -0.2) is 240 Å². The third kappa shape index (κ3) is 23.8. The summed E-state index contributed by atoms with van der Waals surface area (Å²) in [4.78, 5) is 147. The number of aliphatic hydroxyl groups is 2. The lowest BCUT2D eigenvalue weighted by atomic mass is 9.90. The summed E-state index contributed by atoms with van der Waals surface area (Å²) in [6, 6.07) is -3.59. The van der Waals surface area contributed by atoms with E-state index in [9.17, 15) is 39.0 Å². The van der Waals surface area contributed by atoms with Crippen molar-refractivity contribution in [1.29, 1.82) is 0 Å². The van der Waals surface area contributed by atoms with Crippen molar-refractivity contribution < 1.29 is 62.8 Å². The van der Waals surface area contributed by atoms with E-state index in [2.05, 4.69) is 26.2 Å². The summed E-state index contributed by atoms with van der Waals surface area (Å²) in [5.74, 6) is -6.92. The van der Waals surface area contributed by atoms with Gasteiger partial charge in [0.15, 0.2) is 0 Å². The summed E-state index contributed by atoms with van der Waals surface area (Å²) >= 11 is 0. The molecule has 1 aromatic rings. The quantitative estimate of drug-likeness (QED) is 0.0841. The van der Waals surface area contributed by atoms with Gasteiger partial charge < -0.3 is 60.1 Å². The molecule has 0 spiro atoms. The molecule has 518 valence electrons. The maximum absolute atomic E-state index is 15.3. The SMILES string of the molecule is CC(C)C[C@@H]1C(=O)N[C@H](CC(C)C)C(=O)N(C)C(C(C)C)C(=O)N(C)C([C@H](O)[C@H](C)CCCc2cccc(N3CCOCC3)n2)C(=O)NC([C@@H](C)O)C(=O)N(C)CC(=O)N(C)[C@@H](CC(C)C)C(=O)N[C@H](CC(C)C)N(C)[C@H](CC(C)C)N[C@H](C)C(=O)OC(=O)N1C. The van der Waals surface area contributed by atoms with Crippen LogP contribution in [0, 0.1) is 41.4 Å². The number of carbonyl (C=O) groups is 9. The molecule has 2 fully saturated rings. The van der Waals surface area contributed by atoms with Gasteiger partial charge >= 0.3 is 12.1 Å². The Balaban J connectivity index is 2.27. The normalized spacial score (nSPS) is 26.1. The second kappa shape index (κ2) is 37.0. The van der Waals surface area contributed by atoms with Gasteiger partial charge in [0.2, 0.25) is 41.4 Å². The molecule has 3 unspecified atom stereocenters. The lowest BCUT2D eigenvalue weighted by Crippen LogP contribution is -2.64. The fraction of sp³-hybridized carbons (Fsp3) is 0.788. The summed E-state index contributed by atoms with van der Waals surface area (Å²) < 4.78 is 11.0. The third-order valence-electron chi connectivity index (χ3n) is 17.2. The number of likely N-dealkylation sites (N-methyl/N-ethyl adjacent to an activating group) is 5. The van der Waals surface area contributed by atoms with Gasteiger partial charge in [-0.2, -0.15) is 0 Å². The fourth-order valence-corrected chi connectivity index (χ4v) is 11.8. The molecule has 25 heteroatoms. The number of aryl methyl sites for hydroxylation is 1. The van der Waals surface area contributed by atoms with Gasteiger partial charge in [0.25, 0.3) is 0 Å². The van der Waals surface area contributed by atoms with E-state index < -0.39 is 139 Å². The first kappa shape index (κ1) is 79.2. The average molecular weight is 1290 g/mol. The zero-order valence-corrected chi connectivity index (χ0v) is 58.8. The number of anilines is 1. The number of morpholine rings is 1. The molecular formula is C66H116N12O13. The molecule has 2 aliphatic rings. The molecule has 25 nitrogen and oxygen atoms in total. The monoisotopic (exact) mass is 1280 g/mol. The van der Waals surface area contributed by atoms with E-state index in [4.69, 9.17) is 14.5 Å². The topological polar surface area (TPSA) is 296 Å². The number of nitrogens with one attached hydrogen (secondary N) is 4. The van der Waals surface area contributed by atoms with Crippen LogP contribution in [0.1, 0.15) is 154 Å². The van der Waals surface area contributed by atoms with Crippen molar-refractivity contribution in [2.45, 2.75) is 222 Å².